The second kappa shape index (κ2) is 10.6. The predicted molar refractivity (Wildman–Crippen MR) is 140 cm³/mol. The third-order valence-electron chi connectivity index (χ3n) is 7.04. The zero-order valence-electron chi connectivity index (χ0n) is 20.4. The number of piperidine rings is 1. The average molecular weight is 495 g/mol. The molecule has 2 fully saturated rings. The van der Waals surface area contributed by atoms with Gasteiger partial charge in [-0.25, -0.2) is 9.97 Å². The molecule has 0 aliphatic carbocycles. The van der Waals surface area contributed by atoms with Crippen molar-refractivity contribution in [1.29, 1.82) is 0 Å². The molecule has 8 heteroatoms. The Kier molecular flexibility index (Phi) is 7.32. The molecule has 35 heavy (non-hydrogen) atoms. The van der Waals surface area contributed by atoms with Crippen LogP contribution in [0.15, 0.2) is 36.7 Å². The van der Waals surface area contributed by atoms with Gasteiger partial charge in [-0.2, -0.15) is 0 Å². The molecule has 0 radical (unpaired) electrons. The van der Waals surface area contributed by atoms with E-state index in [2.05, 4.69) is 27.3 Å². The van der Waals surface area contributed by atoms with Crippen LogP contribution < -0.4 is 10.2 Å². The number of hydrogen-bond acceptors (Lipinski definition) is 7. The summed E-state index contributed by atoms with van der Waals surface area (Å²) < 4.78 is 5.67. The van der Waals surface area contributed by atoms with Crippen LogP contribution in [-0.2, 0) is 16.0 Å². The zero-order valence-corrected chi connectivity index (χ0v) is 21.3. The highest BCUT2D eigenvalue weighted by Gasteiger charge is 2.42. The maximum absolute atomic E-state index is 12.7. The van der Waals surface area contributed by atoms with Crippen molar-refractivity contribution in [3.05, 3.63) is 41.5 Å². The summed E-state index contributed by atoms with van der Waals surface area (Å²) >= 11 is 1.61. The third-order valence-corrected chi connectivity index (χ3v) is 8.14. The SMILES string of the molecule is CC(C)NC(=O)Cc1sc2ncnc(N3C4CCC3CC(COCCO)C4)c2c1-c1ccccc1. The van der Waals surface area contributed by atoms with Crippen LogP contribution in [0.3, 0.4) is 0 Å². The number of carbonyl (C=O) groups is 1. The summed E-state index contributed by atoms with van der Waals surface area (Å²) in [5, 5.41) is 13.2. The molecule has 3 aromatic rings. The van der Waals surface area contributed by atoms with E-state index in [-0.39, 0.29) is 18.6 Å². The third kappa shape index (κ3) is 5.06. The van der Waals surface area contributed by atoms with E-state index in [0.29, 0.717) is 37.6 Å². The quantitative estimate of drug-likeness (QED) is 0.434. The molecule has 2 saturated heterocycles. The number of aliphatic hydroxyl groups is 1. The Morgan fingerprint density at radius 2 is 1.94 bits per heavy atom. The van der Waals surface area contributed by atoms with Crippen LogP contribution in [0.1, 0.15) is 44.4 Å². The van der Waals surface area contributed by atoms with Crippen molar-refractivity contribution in [2.24, 2.45) is 5.92 Å². The highest BCUT2D eigenvalue weighted by atomic mass is 32.1. The smallest absolute Gasteiger partial charge is 0.225 e. The maximum atomic E-state index is 12.7. The molecule has 2 N–H and O–H groups in total. The standard InChI is InChI=1S/C27H34N4O3S/c1-17(2)30-23(33)14-22-24(19-6-4-3-5-7-19)25-26(28-16-29-27(25)35-22)31-20-8-9-21(31)13-18(12-20)15-34-11-10-32/h3-7,16-18,20-21,32H,8-15H2,1-2H3,(H,30,33). The lowest BCUT2D eigenvalue weighted by molar-refractivity contribution is -0.120. The number of amides is 1. The summed E-state index contributed by atoms with van der Waals surface area (Å²) in [4.78, 5) is 26.8. The molecule has 5 rings (SSSR count). The van der Waals surface area contributed by atoms with Gasteiger partial charge in [0.2, 0.25) is 5.91 Å². The lowest BCUT2D eigenvalue weighted by Crippen LogP contribution is -2.44. The van der Waals surface area contributed by atoms with Gasteiger partial charge in [-0.3, -0.25) is 4.79 Å². The Morgan fingerprint density at radius 3 is 2.63 bits per heavy atom. The molecule has 4 heterocycles. The Balaban J connectivity index is 1.53. The summed E-state index contributed by atoms with van der Waals surface area (Å²) in [6.07, 6.45) is 6.46. The number of nitrogens with zero attached hydrogens (tertiary/aromatic N) is 3. The Labute approximate surface area is 210 Å². The second-order valence-electron chi connectivity index (χ2n) is 9.97. The van der Waals surface area contributed by atoms with Gasteiger partial charge in [0.1, 0.15) is 17.0 Å². The van der Waals surface area contributed by atoms with E-state index in [9.17, 15) is 4.79 Å². The molecule has 186 valence electrons. The largest absolute Gasteiger partial charge is 0.394 e. The van der Waals surface area contributed by atoms with Gasteiger partial charge in [0.15, 0.2) is 0 Å². The molecular formula is C27H34N4O3S. The average Bonchev–Trinajstić information content (AvgIpc) is 3.33. The van der Waals surface area contributed by atoms with Crippen molar-refractivity contribution >= 4 is 33.3 Å². The van der Waals surface area contributed by atoms with Crippen molar-refractivity contribution < 1.29 is 14.6 Å². The van der Waals surface area contributed by atoms with Gasteiger partial charge in [-0.15, -0.1) is 11.3 Å². The van der Waals surface area contributed by atoms with Crippen LogP contribution in [0, 0.1) is 5.92 Å². The highest BCUT2D eigenvalue weighted by Crippen LogP contribution is 2.47. The second-order valence-corrected chi connectivity index (χ2v) is 11.1. The number of carbonyl (C=O) groups excluding carboxylic acids is 1. The first-order valence-electron chi connectivity index (χ1n) is 12.6. The van der Waals surface area contributed by atoms with Gasteiger partial charge in [0, 0.05) is 35.2 Å². The number of aliphatic hydroxyl groups excluding tert-OH is 1. The summed E-state index contributed by atoms with van der Waals surface area (Å²) in [7, 11) is 0. The van der Waals surface area contributed by atoms with Gasteiger partial charge in [-0.1, -0.05) is 30.3 Å². The number of hydrogen-bond donors (Lipinski definition) is 2. The van der Waals surface area contributed by atoms with Gasteiger partial charge < -0.3 is 20.1 Å². The Bertz CT molecular complexity index is 1150. The van der Waals surface area contributed by atoms with Gasteiger partial charge >= 0.3 is 0 Å². The summed E-state index contributed by atoms with van der Waals surface area (Å²) in [6.45, 7) is 5.16. The van der Waals surface area contributed by atoms with Gasteiger partial charge in [0.05, 0.1) is 25.0 Å². The van der Waals surface area contributed by atoms with E-state index in [1.165, 1.54) is 0 Å². The molecule has 2 unspecified atom stereocenters. The highest BCUT2D eigenvalue weighted by molar-refractivity contribution is 7.19. The topological polar surface area (TPSA) is 87.6 Å². The van der Waals surface area contributed by atoms with Crippen molar-refractivity contribution in [2.45, 2.75) is 64.1 Å². The van der Waals surface area contributed by atoms with Crippen LogP contribution in [-0.4, -0.2) is 58.9 Å². The molecule has 1 aromatic carbocycles. The Hall–Kier alpha value is -2.55. The molecule has 2 aliphatic heterocycles. The number of benzene rings is 1. The number of thiophene rings is 1. The summed E-state index contributed by atoms with van der Waals surface area (Å²) in [5.41, 5.74) is 2.19. The molecule has 7 nitrogen and oxygen atoms in total. The van der Waals surface area contributed by atoms with Gasteiger partial charge in [-0.05, 0) is 51.0 Å². The fraction of sp³-hybridized carbons (Fsp3) is 0.519. The fourth-order valence-corrected chi connectivity index (χ4v) is 6.95. The van der Waals surface area contributed by atoms with Crippen molar-refractivity contribution in [3.8, 4) is 11.1 Å². The first kappa shape index (κ1) is 24.2. The normalized spacial score (nSPS) is 21.7. The minimum absolute atomic E-state index is 0.0296. The molecule has 2 aliphatic rings. The molecule has 0 spiro atoms. The van der Waals surface area contributed by atoms with Crippen LogP contribution in [0.4, 0.5) is 5.82 Å². The minimum Gasteiger partial charge on any atom is -0.394 e. The lowest BCUT2D eigenvalue weighted by atomic mass is 9.91. The van der Waals surface area contributed by atoms with Crippen LogP contribution in [0.25, 0.3) is 21.3 Å². The fourth-order valence-electron chi connectivity index (χ4n) is 5.80. The molecule has 2 aromatic heterocycles. The van der Waals surface area contributed by atoms with Crippen LogP contribution in [0.5, 0.6) is 0 Å². The summed E-state index contributed by atoms with van der Waals surface area (Å²) in [6, 6.07) is 11.3. The zero-order chi connectivity index (χ0) is 24.4. The molecule has 2 atom stereocenters. The predicted octanol–water partition coefficient (Wildman–Crippen LogP) is 4.18. The van der Waals surface area contributed by atoms with Crippen molar-refractivity contribution in [1.82, 2.24) is 15.3 Å². The van der Waals surface area contributed by atoms with Crippen molar-refractivity contribution in [2.75, 3.05) is 24.7 Å². The van der Waals surface area contributed by atoms with Crippen molar-refractivity contribution in [3.63, 3.8) is 0 Å². The minimum atomic E-state index is 0.0296. The lowest BCUT2D eigenvalue weighted by Gasteiger charge is -2.40. The number of rotatable bonds is 9. The van der Waals surface area contributed by atoms with E-state index in [0.717, 1.165) is 57.7 Å². The van der Waals surface area contributed by atoms with Crippen LogP contribution in [0.2, 0.25) is 0 Å². The van der Waals surface area contributed by atoms with E-state index in [4.69, 9.17) is 14.8 Å². The number of nitrogens with one attached hydrogen (secondary N) is 1. The van der Waals surface area contributed by atoms with Crippen LogP contribution >= 0.6 is 11.3 Å². The molecule has 2 bridgehead atoms. The van der Waals surface area contributed by atoms with E-state index in [1.807, 2.05) is 32.0 Å². The first-order valence-corrected chi connectivity index (χ1v) is 13.4. The molecule has 1 amide bonds. The Morgan fingerprint density at radius 1 is 1.20 bits per heavy atom. The number of fused-ring (bicyclic) bond motifs is 3. The van der Waals surface area contributed by atoms with Gasteiger partial charge in [0.25, 0.3) is 0 Å². The maximum Gasteiger partial charge on any atom is 0.225 e. The first-order chi connectivity index (χ1) is 17.0. The number of aromatic nitrogens is 2. The molecular weight excluding hydrogens is 460 g/mol. The van der Waals surface area contributed by atoms with E-state index >= 15 is 0 Å². The number of anilines is 1. The number of ether oxygens (including phenoxy) is 1. The van der Waals surface area contributed by atoms with E-state index < -0.39 is 0 Å². The molecule has 0 saturated carbocycles. The summed E-state index contributed by atoms with van der Waals surface area (Å²) in [5.74, 6) is 1.55. The monoisotopic (exact) mass is 494 g/mol. The van der Waals surface area contributed by atoms with E-state index in [1.54, 1.807) is 17.7 Å².